The number of aromatic nitrogens is 2. The lowest BCUT2D eigenvalue weighted by molar-refractivity contribution is -0.137. The first-order valence-corrected chi connectivity index (χ1v) is 8.71. The number of hydrogen-bond donors (Lipinski definition) is 1. The molecule has 0 aliphatic carbocycles. The molecule has 7 nitrogen and oxygen atoms in total. The second kappa shape index (κ2) is 7.12. The summed E-state index contributed by atoms with van der Waals surface area (Å²) < 4.78 is 44.2. The van der Waals surface area contributed by atoms with Crippen LogP contribution in [0, 0.1) is 0 Å². The second-order valence-electron chi connectivity index (χ2n) is 6.46. The number of anilines is 3. The highest BCUT2D eigenvalue weighted by molar-refractivity contribution is 6.02. The summed E-state index contributed by atoms with van der Waals surface area (Å²) in [5.41, 5.74) is 0.572. The van der Waals surface area contributed by atoms with Gasteiger partial charge in [0.25, 0.3) is 0 Å². The summed E-state index contributed by atoms with van der Waals surface area (Å²) in [4.78, 5) is 24.4. The maximum absolute atomic E-state index is 13.1. The molecule has 10 heteroatoms. The zero-order valence-corrected chi connectivity index (χ0v) is 15.3. The Bertz CT molecular complexity index is 1040. The first-order valence-electron chi connectivity index (χ1n) is 8.71. The van der Waals surface area contributed by atoms with Crippen LogP contribution in [0.15, 0.2) is 53.3 Å². The zero-order valence-electron chi connectivity index (χ0n) is 15.3. The lowest BCUT2D eigenvalue weighted by Crippen LogP contribution is -2.45. The Morgan fingerprint density at radius 1 is 1.21 bits per heavy atom. The van der Waals surface area contributed by atoms with Gasteiger partial charge < -0.3 is 9.32 Å². The van der Waals surface area contributed by atoms with Crippen LogP contribution in [-0.4, -0.2) is 36.1 Å². The number of carbonyl (C=O) groups is 1. The zero-order chi connectivity index (χ0) is 20.6. The van der Waals surface area contributed by atoms with Crippen molar-refractivity contribution in [3.63, 3.8) is 0 Å². The van der Waals surface area contributed by atoms with E-state index >= 15 is 0 Å². The maximum atomic E-state index is 13.1. The van der Waals surface area contributed by atoms with E-state index in [1.54, 1.807) is 18.2 Å². The number of nitrogens with zero attached hydrogens (tertiary/aromatic N) is 4. The SMILES string of the molecule is CN1CCN(C(=O)Nc2ncco2)c2nc(-c3cccc(C(F)(F)F)c3)ccc21. The van der Waals surface area contributed by atoms with E-state index < -0.39 is 17.8 Å². The fourth-order valence-corrected chi connectivity index (χ4v) is 3.07. The van der Waals surface area contributed by atoms with Crippen molar-refractivity contribution in [2.75, 3.05) is 35.3 Å². The quantitative estimate of drug-likeness (QED) is 0.693. The Hall–Kier alpha value is -3.56. The van der Waals surface area contributed by atoms with Crippen molar-refractivity contribution in [3.05, 3.63) is 54.4 Å². The van der Waals surface area contributed by atoms with Gasteiger partial charge in [-0.1, -0.05) is 12.1 Å². The fourth-order valence-electron chi connectivity index (χ4n) is 3.07. The molecule has 0 bridgehead atoms. The van der Waals surface area contributed by atoms with Gasteiger partial charge in [0.2, 0.25) is 0 Å². The molecule has 29 heavy (non-hydrogen) atoms. The van der Waals surface area contributed by atoms with Gasteiger partial charge >= 0.3 is 18.2 Å². The molecule has 1 aliphatic rings. The van der Waals surface area contributed by atoms with E-state index in [0.29, 0.717) is 35.9 Å². The van der Waals surface area contributed by atoms with Crippen LogP contribution in [0.25, 0.3) is 11.3 Å². The molecule has 1 aromatic carbocycles. The Kier molecular flexibility index (Phi) is 4.61. The normalized spacial score (nSPS) is 13.9. The topological polar surface area (TPSA) is 74.5 Å². The first kappa shape index (κ1) is 18.8. The van der Waals surface area contributed by atoms with Gasteiger partial charge in [-0.25, -0.2) is 14.8 Å². The second-order valence-corrected chi connectivity index (χ2v) is 6.46. The molecule has 4 rings (SSSR count). The first-order chi connectivity index (χ1) is 13.8. The highest BCUT2D eigenvalue weighted by Gasteiger charge is 2.31. The van der Waals surface area contributed by atoms with Gasteiger partial charge in [-0.15, -0.1) is 0 Å². The smallest absolute Gasteiger partial charge is 0.416 e. The van der Waals surface area contributed by atoms with E-state index in [4.69, 9.17) is 4.42 Å². The van der Waals surface area contributed by atoms with Gasteiger partial charge in [0.05, 0.1) is 23.1 Å². The summed E-state index contributed by atoms with van der Waals surface area (Å²) in [7, 11) is 1.85. The molecule has 0 spiro atoms. The third-order valence-electron chi connectivity index (χ3n) is 4.56. The highest BCUT2D eigenvalue weighted by atomic mass is 19.4. The van der Waals surface area contributed by atoms with Gasteiger partial charge in [-0.05, 0) is 24.3 Å². The number of fused-ring (bicyclic) bond motifs is 1. The van der Waals surface area contributed by atoms with Crippen LogP contribution in [-0.2, 0) is 6.18 Å². The Morgan fingerprint density at radius 2 is 2.03 bits per heavy atom. The third kappa shape index (κ3) is 3.73. The standard InChI is InChI=1S/C19H16F3N5O2/c1-26-8-9-27(18(28)25-17-23-7-10-29-17)16-15(26)6-5-14(24-16)12-3-2-4-13(11-12)19(20,21)22/h2-7,10-11H,8-9H2,1H3,(H,23,25,28). The molecule has 0 fully saturated rings. The predicted octanol–water partition coefficient (Wildman–Crippen LogP) is 4.24. The number of halogens is 3. The number of oxazole rings is 1. The lowest BCUT2D eigenvalue weighted by Gasteiger charge is -2.34. The number of urea groups is 1. The minimum Gasteiger partial charge on any atom is -0.432 e. The molecule has 2 amide bonds. The van der Waals surface area contributed by atoms with Crippen LogP contribution in [0.1, 0.15) is 5.56 Å². The minimum absolute atomic E-state index is 0.0458. The molecule has 2 aromatic heterocycles. The monoisotopic (exact) mass is 403 g/mol. The predicted molar refractivity (Wildman–Crippen MR) is 101 cm³/mol. The number of pyridine rings is 1. The molecule has 1 aliphatic heterocycles. The average Bonchev–Trinajstić information content (AvgIpc) is 3.20. The number of hydrogen-bond acceptors (Lipinski definition) is 5. The van der Waals surface area contributed by atoms with Crippen LogP contribution in [0.3, 0.4) is 0 Å². The summed E-state index contributed by atoms with van der Waals surface area (Å²) in [5, 5.41) is 2.54. The lowest BCUT2D eigenvalue weighted by atomic mass is 10.1. The van der Waals surface area contributed by atoms with Crippen molar-refractivity contribution in [1.82, 2.24) is 9.97 Å². The van der Waals surface area contributed by atoms with Crippen LogP contribution in [0.2, 0.25) is 0 Å². The Labute approximate surface area is 163 Å². The summed E-state index contributed by atoms with van der Waals surface area (Å²) in [6.07, 6.45) is -1.72. The van der Waals surface area contributed by atoms with Crippen molar-refractivity contribution in [3.8, 4) is 11.3 Å². The molecule has 3 heterocycles. The molecule has 0 atom stereocenters. The summed E-state index contributed by atoms with van der Waals surface area (Å²) in [5.74, 6) is 0.345. The van der Waals surface area contributed by atoms with E-state index in [9.17, 15) is 18.0 Å². The van der Waals surface area contributed by atoms with Crippen molar-refractivity contribution in [1.29, 1.82) is 0 Å². The largest absolute Gasteiger partial charge is 0.432 e. The number of benzene rings is 1. The van der Waals surface area contributed by atoms with E-state index in [1.807, 2.05) is 11.9 Å². The van der Waals surface area contributed by atoms with E-state index in [2.05, 4.69) is 15.3 Å². The van der Waals surface area contributed by atoms with Crippen LogP contribution < -0.4 is 15.1 Å². The molecule has 150 valence electrons. The van der Waals surface area contributed by atoms with Gasteiger partial charge in [0.15, 0.2) is 5.82 Å². The maximum Gasteiger partial charge on any atom is 0.416 e. The third-order valence-corrected chi connectivity index (χ3v) is 4.56. The molecule has 0 unspecified atom stereocenters. The summed E-state index contributed by atoms with van der Waals surface area (Å²) in [6, 6.07) is 7.86. The number of likely N-dealkylation sites (N-methyl/N-ethyl adjacent to an activating group) is 1. The van der Waals surface area contributed by atoms with Crippen LogP contribution in [0.4, 0.5) is 35.5 Å². The fraction of sp³-hybridized carbons (Fsp3) is 0.211. The van der Waals surface area contributed by atoms with Gasteiger partial charge in [-0.2, -0.15) is 13.2 Å². The molecule has 0 saturated carbocycles. The van der Waals surface area contributed by atoms with E-state index in [0.717, 1.165) is 12.1 Å². The minimum atomic E-state index is -4.45. The van der Waals surface area contributed by atoms with Crippen molar-refractivity contribution in [2.45, 2.75) is 6.18 Å². The summed E-state index contributed by atoms with van der Waals surface area (Å²) in [6.45, 7) is 0.908. The molecule has 1 N–H and O–H groups in total. The van der Waals surface area contributed by atoms with E-state index in [-0.39, 0.29) is 6.01 Å². The Morgan fingerprint density at radius 3 is 2.76 bits per heavy atom. The molecule has 0 radical (unpaired) electrons. The van der Waals surface area contributed by atoms with Gasteiger partial charge in [0, 0.05) is 25.7 Å². The van der Waals surface area contributed by atoms with Crippen LogP contribution in [0.5, 0.6) is 0 Å². The number of carbonyl (C=O) groups excluding carboxylic acids is 1. The van der Waals surface area contributed by atoms with Gasteiger partial charge in [-0.3, -0.25) is 10.2 Å². The molecule has 3 aromatic rings. The number of nitrogens with one attached hydrogen (secondary N) is 1. The Balaban J connectivity index is 1.71. The number of alkyl halides is 3. The molecular weight excluding hydrogens is 387 g/mol. The number of amides is 2. The number of rotatable bonds is 2. The van der Waals surface area contributed by atoms with Crippen LogP contribution >= 0.6 is 0 Å². The van der Waals surface area contributed by atoms with Crippen molar-refractivity contribution in [2.24, 2.45) is 0 Å². The molecular formula is C19H16F3N5O2. The van der Waals surface area contributed by atoms with Crippen molar-refractivity contribution < 1.29 is 22.4 Å². The average molecular weight is 403 g/mol. The van der Waals surface area contributed by atoms with Crippen molar-refractivity contribution >= 4 is 23.6 Å². The van der Waals surface area contributed by atoms with E-state index in [1.165, 1.54) is 23.4 Å². The summed E-state index contributed by atoms with van der Waals surface area (Å²) >= 11 is 0. The molecule has 0 saturated heterocycles. The van der Waals surface area contributed by atoms with Gasteiger partial charge in [0.1, 0.15) is 6.26 Å². The highest BCUT2D eigenvalue weighted by Crippen LogP contribution is 2.35.